The van der Waals surface area contributed by atoms with Gasteiger partial charge >= 0.3 is 6.03 Å². The first-order valence-electron chi connectivity index (χ1n) is 14.5. The van der Waals surface area contributed by atoms with Crippen LogP contribution in [0.15, 0.2) is 55.0 Å². The second-order valence-electron chi connectivity index (χ2n) is 12.1. The first-order valence-corrected chi connectivity index (χ1v) is 14.5. The number of amides is 2. The van der Waals surface area contributed by atoms with Crippen LogP contribution in [0.2, 0.25) is 0 Å². The summed E-state index contributed by atoms with van der Waals surface area (Å²) in [6.45, 7) is 9.47. The number of ether oxygens (including phenoxy) is 1. The van der Waals surface area contributed by atoms with E-state index in [4.69, 9.17) is 4.74 Å². The van der Waals surface area contributed by atoms with Crippen LogP contribution in [0.5, 0.6) is 5.75 Å². The van der Waals surface area contributed by atoms with Gasteiger partial charge in [0.05, 0.1) is 17.9 Å². The molecule has 2 aliphatic rings. The van der Waals surface area contributed by atoms with Gasteiger partial charge in [0.1, 0.15) is 24.0 Å². The Labute approximate surface area is 240 Å². The second kappa shape index (κ2) is 11.0. The number of nitrogens with zero attached hydrogens (tertiary/aromatic N) is 6. The smallest absolute Gasteiger partial charge is 0.320 e. The van der Waals surface area contributed by atoms with E-state index in [1.807, 2.05) is 40.9 Å². The summed E-state index contributed by atoms with van der Waals surface area (Å²) in [5, 5.41) is 14.9. The largest absolute Gasteiger partial charge is 0.484 e. The molecule has 0 radical (unpaired) electrons. The predicted molar refractivity (Wildman–Crippen MR) is 158 cm³/mol. The number of carbonyl (C=O) groups is 1. The number of hydrogen-bond acceptors (Lipinski definition) is 7. The quantitative estimate of drug-likeness (QED) is 0.313. The fourth-order valence-corrected chi connectivity index (χ4v) is 5.85. The van der Waals surface area contributed by atoms with Crippen molar-refractivity contribution in [2.75, 3.05) is 16.8 Å². The maximum absolute atomic E-state index is 13.0. The maximum atomic E-state index is 13.0. The SMILES string of the molecule is C[C@H]1CCCCN1c1nnc2ccc(O[C@@H]3CC[C@H](NC(=O)Nc4cc(C(C)(C)C)ncn4)c4ccccc43)cn12. The Hall–Kier alpha value is -4.21. The van der Waals surface area contributed by atoms with Gasteiger partial charge in [-0.3, -0.25) is 9.72 Å². The molecule has 4 heterocycles. The highest BCUT2D eigenvalue weighted by Crippen LogP contribution is 2.39. The van der Waals surface area contributed by atoms with Gasteiger partial charge in [-0.15, -0.1) is 10.2 Å². The molecule has 2 N–H and O–H groups in total. The number of urea groups is 1. The van der Waals surface area contributed by atoms with Crippen molar-refractivity contribution < 1.29 is 9.53 Å². The Morgan fingerprint density at radius 2 is 1.83 bits per heavy atom. The van der Waals surface area contributed by atoms with Gasteiger partial charge < -0.3 is 15.0 Å². The van der Waals surface area contributed by atoms with Gasteiger partial charge in [-0.05, 0) is 62.3 Å². The minimum absolute atomic E-state index is 0.130. The number of pyridine rings is 1. The highest BCUT2D eigenvalue weighted by atomic mass is 16.5. The van der Waals surface area contributed by atoms with Gasteiger partial charge in [-0.25, -0.2) is 14.8 Å². The van der Waals surface area contributed by atoms with Gasteiger partial charge in [0, 0.05) is 24.1 Å². The third-order valence-corrected chi connectivity index (χ3v) is 8.11. The minimum Gasteiger partial charge on any atom is -0.484 e. The Bertz CT molecular complexity index is 1540. The Balaban J connectivity index is 1.17. The van der Waals surface area contributed by atoms with Gasteiger partial charge in [0.25, 0.3) is 0 Å². The molecule has 1 saturated heterocycles. The van der Waals surface area contributed by atoms with Crippen molar-refractivity contribution in [2.24, 2.45) is 0 Å². The average Bonchev–Trinajstić information content (AvgIpc) is 3.37. The van der Waals surface area contributed by atoms with Crippen LogP contribution in [0.25, 0.3) is 5.65 Å². The number of rotatable bonds is 5. The van der Waals surface area contributed by atoms with Crippen molar-refractivity contribution in [3.05, 3.63) is 71.8 Å². The molecule has 3 aromatic heterocycles. The van der Waals surface area contributed by atoms with Crippen LogP contribution in [0.3, 0.4) is 0 Å². The third kappa shape index (κ3) is 5.68. The molecule has 3 atom stereocenters. The molecule has 41 heavy (non-hydrogen) atoms. The molecule has 214 valence electrons. The predicted octanol–water partition coefficient (Wildman–Crippen LogP) is 5.97. The molecular formula is C31H38N8O2. The molecule has 4 aromatic rings. The van der Waals surface area contributed by atoms with E-state index in [1.165, 1.54) is 19.2 Å². The maximum Gasteiger partial charge on any atom is 0.320 e. The number of aromatic nitrogens is 5. The minimum atomic E-state index is -0.291. The van der Waals surface area contributed by atoms with E-state index in [0.29, 0.717) is 11.9 Å². The molecule has 0 unspecified atom stereocenters. The molecule has 1 aromatic carbocycles. The monoisotopic (exact) mass is 554 g/mol. The summed E-state index contributed by atoms with van der Waals surface area (Å²) < 4.78 is 8.62. The molecule has 0 bridgehead atoms. The van der Waals surface area contributed by atoms with Crippen LogP contribution in [0, 0.1) is 0 Å². The zero-order valence-electron chi connectivity index (χ0n) is 24.2. The molecule has 0 saturated carbocycles. The highest BCUT2D eigenvalue weighted by Gasteiger charge is 2.30. The molecule has 6 rings (SSSR count). The summed E-state index contributed by atoms with van der Waals surface area (Å²) in [6.07, 6.45) is 8.45. The number of nitrogens with one attached hydrogen (secondary N) is 2. The molecule has 10 nitrogen and oxygen atoms in total. The number of anilines is 2. The van der Waals surface area contributed by atoms with Gasteiger partial charge in [0.15, 0.2) is 5.65 Å². The van der Waals surface area contributed by atoms with Gasteiger partial charge in [-0.1, -0.05) is 45.0 Å². The molecule has 10 heteroatoms. The lowest BCUT2D eigenvalue weighted by Crippen LogP contribution is -2.38. The van der Waals surface area contributed by atoms with E-state index >= 15 is 0 Å². The summed E-state index contributed by atoms with van der Waals surface area (Å²) in [5.74, 6) is 2.12. The van der Waals surface area contributed by atoms with Crippen LogP contribution < -0.4 is 20.3 Å². The number of piperidine rings is 1. The lowest BCUT2D eigenvalue weighted by Gasteiger charge is -2.33. The summed E-state index contributed by atoms with van der Waals surface area (Å²) in [6, 6.07) is 13.9. The van der Waals surface area contributed by atoms with Crippen molar-refractivity contribution in [3.63, 3.8) is 0 Å². The standard InChI is InChI=1S/C31H38N8O2/c1-20-9-7-8-16-38(20)30-37-36-28-15-12-21(18-39(28)30)41-25-14-13-24(22-10-5-6-11-23(22)25)34-29(40)35-27-17-26(31(2,3)4)32-19-33-27/h5-6,10-12,15,17-20,24-25H,7-9,13-14,16H2,1-4H3,(H2,32,33,34,35,40)/t20-,24-,25+/m0/s1. The Kier molecular flexibility index (Phi) is 7.23. The summed E-state index contributed by atoms with van der Waals surface area (Å²) in [5.41, 5.74) is 3.68. The summed E-state index contributed by atoms with van der Waals surface area (Å²) in [4.78, 5) is 23.9. The van der Waals surface area contributed by atoms with E-state index in [1.54, 1.807) is 0 Å². The molecule has 0 spiro atoms. The lowest BCUT2D eigenvalue weighted by atomic mass is 9.85. The van der Waals surface area contributed by atoms with E-state index < -0.39 is 0 Å². The molecular weight excluding hydrogens is 516 g/mol. The van der Waals surface area contributed by atoms with E-state index in [-0.39, 0.29) is 23.6 Å². The fourth-order valence-electron chi connectivity index (χ4n) is 5.85. The van der Waals surface area contributed by atoms with E-state index in [0.717, 1.165) is 60.0 Å². The van der Waals surface area contributed by atoms with E-state index in [2.05, 4.69) is 75.5 Å². The zero-order chi connectivity index (χ0) is 28.6. The third-order valence-electron chi connectivity index (χ3n) is 8.11. The number of benzene rings is 1. The second-order valence-corrected chi connectivity index (χ2v) is 12.1. The molecule has 1 aliphatic heterocycles. The summed E-state index contributed by atoms with van der Waals surface area (Å²) >= 11 is 0. The highest BCUT2D eigenvalue weighted by molar-refractivity contribution is 5.88. The van der Waals surface area contributed by atoms with E-state index in [9.17, 15) is 4.79 Å². The molecule has 1 aliphatic carbocycles. The van der Waals surface area contributed by atoms with Crippen molar-refractivity contribution in [2.45, 2.75) is 83.4 Å². The first-order chi connectivity index (χ1) is 19.8. The van der Waals surface area contributed by atoms with Gasteiger partial charge in [-0.2, -0.15) is 0 Å². The van der Waals surface area contributed by atoms with Crippen molar-refractivity contribution in [1.82, 2.24) is 29.9 Å². The van der Waals surface area contributed by atoms with Crippen molar-refractivity contribution >= 4 is 23.4 Å². The number of fused-ring (bicyclic) bond motifs is 2. The van der Waals surface area contributed by atoms with Crippen LogP contribution in [-0.4, -0.2) is 43.2 Å². The van der Waals surface area contributed by atoms with Crippen LogP contribution in [0.1, 0.15) is 88.8 Å². The van der Waals surface area contributed by atoms with Crippen LogP contribution >= 0.6 is 0 Å². The zero-order valence-corrected chi connectivity index (χ0v) is 24.2. The average molecular weight is 555 g/mol. The van der Waals surface area contributed by atoms with Crippen molar-refractivity contribution in [3.8, 4) is 5.75 Å². The molecule has 2 amide bonds. The van der Waals surface area contributed by atoms with Gasteiger partial charge in [0.2, 0.25) is 5.95 Å². The van der Waals surface area contributed by atoms with Crippen LogP contribution in [0.4, 0.5) is 16.6 Å². The lowest BCUT2D eigenvalue weighted by molar-refractivity contribution is 0.171. The first kappa shape index (κ1) is 27.0. The Morgan fingerprint density at radius 3 is 2.63 bits per heavy atom. The Morgan fingerprint density at radius 1 is 1.00 bits per heavy atom. The van der Waals surface area contributed by atoms with Crippen LogP contribution in [-0.2, 0) is 5.41 Å². The normalized spacial score (nSPS) is 20.9. The summed E-state index contributed by atoms with van der Waals surface area (Å²) in [7, 11) is 0. The number of hydrogen-bond donors (Lipinski definition) is 2. The topological polar surface area (TPSA) is 110 Å². The molecule has 1 fully saturated rings. The van der Waals surface area contributed by atoms with Crippen molar-refractivity contribution in [1.29, 1.82) is 0 Å². The number of carbonyl (C=O) groups excluding carboxylic acids is 1. The fraction of sp³-hybridized carbons (Fsp3) is 0.452.